The van der Waals surface area contributed by atoms with Crippen LogP contribution < -0.4 is 10.2 Å². The normalized spacial score (nSPS) is 12.7. The Morgan fingerprint density at radius 1 is 0.538 bits per heavy atom. The molecule has 4 heteroatoms. The van der Waals surface area contributed by atoms with Crippen LogP contribution in [0.2, 0.25) is 0 Å². The second kappa shape index (κ2) is 8.67. The summed E-state index contributed by atoms with van der Waals surface area (Å²) in [6, 6.07) is 44.7. The molecule has 0 fully saturated rings. The summed E-state index contributed by atoms with van der Waals surface area (Å²) >= 11 is 0. The number of nitrogens with one attached hydrogen (secondary N) is 1. The molecule has 4 bridgehead atoms. The molecule has 1 aliphatic heterocycles. The highest BCUT2D eigenvalue weighted by Crippen LogP contribution is 2.39. The molecule has 39 heavy (non-hydrogen) atoms. The van der Waals surface area contributed by atoms with Gasteiger partial charge >= 0.3 is 0 Å². The summed E-state index contributed by atoms with van der Waals surface area (Å²) in [7, 11) is 0. The van der Waals surface area contributed by atoms with Crippen LogP contribution in [0, 0.1) is 0 Å². The van der Waals surface area contributed by atoms with Crippen LogP contribution in [0.5, 0.6) is 0 Å². The summed E-state index contributed by atoms with van der Waals surface area (Å²) in [5.74, 6) is 0. The molecule has 4 nitrogen and oxygen atoms in total. The van der Waals surface area contributed by atoms with Crippen LogP contribution in [0.1, 0.15) is 5.69 Å². The second-order valence-corrected chi connectivity index (χ2v) is 9.98. The SMILES string of the molecule is c1ccc(N2Cc3ccc4ccc5ccc6ccc(nc6c5c4n3)-c3ccccc3Nc3ccccc32)cc1. The van der Waals surface area contributed by atoms with Crippen molar-refractivity contribution in [3.05, 3.63) is 133 Å². The highest BCUT2D eigenvalue weighted by Gasteiger charge is 2.18. The predicted molar refractivity (Wildman–Crippen MR) is 162 cm³/mol. The number of rotatable bonds is 1. The summed E-state index contributed by atoms with van der Waals surface area (Å²) in [4.78, 5) is 12.9. The third-order valence-corrected chi connectivity index (χ3v) is 7.61. The molecule has 0 saturated heterocycles. The van der Waals surface area contributed by atoms with E-state index in [9.17, 15) is 0 Å². The second-order valence-electron chi connectivity index (χ2n) is 9.98. The molecular weight excluding hydrogens is 476 g/mol. The Morgan fingerprint density at radius 2 is 1.18 bits per heavy atom. The minimum absolute atomic E-state index is 0.625. The number of hydrogen-bond donors (Lipinski definition) is 1. The van der Waals surface area contributed by atoms with Crippen molar-refractivity contribution < 1.29 is 0 Å². The molecular formula is C35H24N4. The summed E-state index contributed by atoms with van der Waals surface area (Å²) in [5, 5.41) is 8.23. The van der Waals surface area contributed by atoms with Crippen LogP contribution in [-0.2, 0) is 6.54 Å². The van der Waals surface area contributed by atoms with Gasteiger partial charge in [-0.2, -0.15) is 0 Å². The lowest BCUT2D eigenvalue weighted by molar-refractivity contribution is 0.938. The average molecular weight is 501 g/mol. The van der Waals surface area contributed by atoms with Crippen LogP contribution in [0.3, 0.4) is 0 Å². The maximum absolute atomic E-state index is 5.29. The first-order valence-electron chi connectivity index (χ1n) is 13.2. The van der Waals surface area contributed by atoms with E-state index in [1.807, 2.05) is 0 Å². The number of para-hydroxylation sites is 4. The van der Waals surface area contributed by atoms with Gasteiger partial charge in [-0.15, -0.1) is 0 Å². The smallest absolute Gasteiger partial charge is 0.0809 e. The zero-order valence-electron chi connectivity index (χ0n) is 21.2. The summed E-state index contributed by atoms with van der Waals surface area (Å²) in [5.41, 5.74) is 9.20. The van der Waals surface area contributed by atoms with E-state index >= 15 is 0 Å². The number of fused-ring (bicyclic) bond motifs is 5. The minimum atomic E-state index is 0.625. The topological polar surface area (TPSA) is 41.1 Å². The lowest BCUT2D eigenvalue weighted by atomic mass is 10.0. The van der Waals surface area contributed by atoms with Crippen molar-refractivity contribution in [1.29, 1.82) is 0 Å². The molecule has 0 atom stereocenters. The fraction of sp³-hybridized carbons (Fsp3) is 0.0286. The van der Waals surface area contributed by atoms with Crippen molar-refractivity contribution in [2.24, 2.45) is 0 Å². The van der Waals surface area contributed by atoms with Crippen molar-refractivity contribution in [1.82, 2.24) is 9.97 Å². The van der Waals surface area contributed by atoms with E-state index in [0.717, 1.165) is 72.3 Å². The molecule has 1 aliphatic rings. The third-order valence-electron chi connectivity index (χ3n) is 7.61. The van der Waals surface area contributed by atoms with Gasteiger partial charge in [0.2, 0.25) is 0 Å². The molecule has 0 spiro atoms. The Morgan fingerprint density at radius 3 is 2.03 bits per heavy atom. The van der Waals surface area contributed by atoms with Crippen molar-refractivity contribution >= 4 is 55.3 Å². The van der Waals surface area contributed by atoms with Crippen LogP contribution in [0.15, 0.2) is 127 Å². The van der Waals surface area contributed by atoms with Crippen LogP contribution in [0.4, 0.5) is 22.7 Å². The van der Waals surface area contributed by atoms with Crippen molar-refractivity contribution in [2.45, 2.75) is 6.54 Å². The first-order valence-corrected chi connectivity index (χ1v) is 13.2. The summed E-state index contributed by atoms with van der Waals surface area (Å²) in [6.07, 6.45) is 0. The van der Waals surface area contributed by atoms with Gasteiger partial charge in [0, 0.05) is 33.1 Å². The molecule has 0 radical (unpaired) electrons. The highest BCUT2D eigenvalue weighted by molar-refractivity contribution is 6.17. The van der Waals surface area contributed by atoms with E-state index in [4.69, 9.17) is 9.97 Å². The van der Waals surface area contributed by atoms with Gasteiger partial charge in [0.25, 0.3) is 0 Å². The zero-order chi connectivity index (χ0) is 25.8. The maximum Gasteiger partial charge on any atom is 0.0809 e. The third kappa shape index (κ3) is 3.61. The maximum atomic E-state index is 5.29. The van der Waals surface area contributed by atoms with Crippen molar-refractivity contribution in [2.75, 3.05) is 10.2 Å². The van der Waals surface area contributed by atoms with Crippen molar-refractivity contribution in [3.63, 3.8) is 0 Å². The molecule has 3 heterocycles. The molecule has 0 amide bonds. The Bertz CT molecular complexity index is 2030. The standard InChI is InChI=1S/C35H24N4/c1-2-8-27(9-3-1)39-22-26-20-18-24-16-14-23-15-17-25-19-21-30(38-35(25)33(23)34(24)36-26)28-10-4-5-11-29(28)37-31-12-6-7-13-32(31)39/h1-21,37H,22H2. The van der Waals surface area contributed by atoms with Gasteiger partial charge in [0.05, 0.1) is 40.3 Å². The van der Waals surface area contributed by atoms with E-state index in [1.54, 1.807) is 0 Å². The zero-order valence-corrected chi connectivity index (χ0v) is 21.2. The van der Waals surface area contributed by atoms with E-state index in [2.05, 4.69) is 138 Å². The molecule has 0 unspecified atom stereocenters. The highest BCUT2D eigenvalue weighted by atomic mass is 15.2. The van der Waals surface area contributed by atoms with Crippen LogP contribution >= 0.6 is 0 Å². The van der Waals surface area contributed by atoms with Gasteiger partial charge in [0.15, 0.2) is 0 Å². The average Bonchev–Trinajstić information content (AvgIpc) is 3.00. The Balaban J connectivity index is 1.49. The largest absolute Gasteiger partial charge is 0.353 e. The fourth-order valence-electron chi connectivity index (χ4n) is 5.72. The molecule has 184 valence electrons. The first-order chi connectivity index (χ1) is 19.3. The van der Waals surface area contributed by atoms with Crippen molar-refractivity contribution in [3.8, 4) is 11.3 Å². The Labute approximate surface area is 226 Å². The van der Waals surface area contributed by atoms with E-state index < -0.39 is 0 Å². The van der Waals surface area contributed by atoms with Gasteiger partial charge in [-0.1, -0.05) is 84.9 Å². The molecule has 5 aromatic carbocycles. The monoisotopic (exact) mass is 500 g/mol. The first kappa shape index (κ1) is 21.8. The van der Waals surface area contributed by atoms with Gasteiger partial charge in [-0.25, -0.2) is 4.98 Å². The molecule has 2 aromatic heterocycles. The Kier molecular flexibility index (Phi) is 4.85. The van der Waals surface area contributed by atoms with E-state index in [0.29, 0.717) is 6.54 Å². The quantitative estimate of drug-likeness (QED) is 0.228. The number of hydrogen-bond acceptors (Lipinski definition) is 4. The predicted octanol–water partition coefficient (Wildman–Crippen LogP) is 9.00. The minimum Gasteiger partial charge on any atom is -0.353 e. The number of benzene rings is 5. The number of anilines is 4. The van der Waals surface area contributed by atoms with Crippen LogP contribution in [0.25, 0.3) is 43.8 Å². The molecule has 8 rings (SSSR count). The van der Waals surface area contributed by atoms with Gasteiger partial charge < -0.3 is 10.2 Å². The van der Waals surface area contributed by atoms with Gasteiger partial charge in [-0.3, -0.25) is 4.98 Å². The summed E-state index contributed by atoms with van der Waals surface area (Å²) in [6.45, 7) is 0.625. The van der Waals surface area contributed by atoms with Gasteiger partial charge in [-0.05, 0) is 47.9 Å². The Hall–Kier alpha value is -5.22. The lowest BCUT2D eigenvalue weighted by Crippen LogP contribution is -2.18. The number of nitrogens with zero attached hydrogens (tertiary/aromatic N) is 3. The molecule has 0 saturated carbocycles. The van der Waals surface area contributed by atoms with Crippen LogP contribution in [-0.4, -0.2) is 9.97 Å². The van der Waals surface area contributed by atoms with E-state index in [1.165, 1.54) is 0 Å². The fourth-order valence-corrected chi connectivity index (χ4v) is 5.72. The number of pyridine rings is 2. The lowest BCUT2D eigenvalue weighted by Gasteiger charge is -2.28. The molecule has 7 aromatic rings. The molecule has 0 aliphatic carbocycles. The summed E-state index contributed by atoms with van der Waals surface area (Å²) < 4.78 is 0. The number of aromatic nitrogens is 2. The van der Waals surface area contributed by atoms with E-state index in [-0.39, 0.29) is 0 Å². The molecule has 1 N–H and O–H groups in total. The van der Waals surface area contributed by atoms with Gasteiger partial charge in [0.1, 0.15) is 0 Å².